The monoisotopic (exact) mass is 486 g/mol. The summed E-state index contributed by atoms with van der Waals surface area (Å²) < 4.78 is 42.7. The highest BCUT2D eigenvalue weighted by Gasteiger charge is 2.35. The largest absolute Gasteiger partial charge is 0.370 e. The first kappa shape index (κ1) is 22.3. The number of hydrogen-bond donors (Lipinski definition) is 1. The summed E-state index contributed by atoms with van der Waals surface area (Å²) >= 11 is 1.27. The van der Waals surface area contributed by atoms with Gasteiger partial charge in [-0.2, -0.15) is 0 Å². The third-order valence-corrected chi connectivity index (χ3v) is 8.83. The summed E-state index contributed by atoms with van der Waals surface area (Å²) in [6.45, 7) is 3.73. The van der Waals surface area contributed by atoms with Gasteiger partial charge in [0.15, 0.2) is 5.82 Å². The molecule has 6 nitrogen and oxygen atoms in total. The number of nitrogens with zero attached hydrogens (tertiary/aromatic N) is 3. The molecular weight excluding hydrogens is 459 g/mol. The fourth-order valence-corrected chi connectivity index (χ4v) is 6.87. The van der Waals surface area contributed by atoms with Gasteiger partial charge in [-0.15, -0.1) is 11.3 Å². The van der Waals surface area contributed by atoms with Crippen molar-refractivity contribution in [1.29, 1.82) is 0 Å². The van der Waals surface area contributed by atoms with Crippen LogP contribution in [0.5, 0.6) is 0 Å². The summed E-state index contributed by atoms with van der Waals surface area (Å²) in [6.07, 6.45) is 3.25. The molecule has 3 aromatic rings. The third kappa shape index (κ3) is 4.25. The van der Waals surface area contributed by atoms with Crippen molar-refractivity contribution in [2.45, 2.75) is 43.2 Å². The van der Waals surface area contributed by atoms with E-state index in [9.17, 15) is 8.42 Å². The highest BCUT2D eigenvalue weighted by molar-refractivity contribution is 7.92. The van der Waals surface area contributed by atoms with Crippen LogP contribution in [0, 0.1) is 12.7 Å². The Labute approximate surface area is 198 Å². The van der Waals surface area contributed by atoms with Crippen molar-refractivity contribution in [3.05, 3.63) is 69.8 Å². The van der Waals surface area contributed by atoms with E-state index in [0.29, 0.717) is 6.04 Å². The number of benzene rings is 2. The zero-order chi connectivity index (χ0) is 23.2. The van der Waals surface area contributed by atoms with E-state index in [1.54, 1.807) is 5.38 Å². The summed E-state index contributed by atoms with van der Waals surface area (Å²) in [7, 11) is -2.08. The van der Waals surface area contributed by atoms with Crippen LogP contribution in [0.4, 0.5) is 15.9 Å². The minimum atomic E-state index is -4.05. The topological polar surface area (TPSA) is 65.5 Å². The van der Waals surface area contributed by atoms with E-state index in [-0.39, 0.29) is 16.8 Å². The van der Waals surface area contributed by atoms with E-state index in [1.165, 1.54) is 40.1 Å². The molecule has 5 rings (SSSR count). The molecular formula is C24H27FN4O2S2. The van der Waals surface area contributed by atoms with Gasteiger partial charge >= 0.3 is 0 Å². The van der Waals surface area contributed by atoms with Crippen molar-refractivity contribution in [2.24, 2.45) is 0 Å². The van der Waals surface area contributed by atoms with E-state index >= 15 is 4.39 Å². The van der Waals surface area contributed by atoms with Crippen LogP contribution in [0.1, 0.15) is 35.6 Å². The normalized spacial score (nSPS) is 20.7. The van der Waals surface area contributed by atoms with Gasteiger partial charge in [-0.3, -0.25) is 9.62 Å². The number of aromatic nitrogens is 1. The predicted molar refractivity (Wildman–Crippen MR) is 130 cm³/mol. The summed E-state index contributed by atoms with van der Waals surface area (Å²) in [6, 6.07) is 12.1. The zero-order valence-electron chi connectivity index (χ0n) is 18.7. The van der Waals surface area contributed by atoms with Gasteiger partial charge in [0.1, 0.15) is 10.7 Å². The molecule has 1 saturated heterocycles. The van der Waals surface area contributed by atoms with Gasteiger partial charge in [0.25, 0.3) is 10.0 Å². The fourth-order valence-electron chi connectivity index (χ4n) is 5.16. The molecule has 2 atom stereocenters. The number of hydrogen-bond acceptors (Lipinski definition) is 6. The van der Waals surface area contributed by atoms with Crippen molar-refractivity contribution < 1.29 is 12.8 Å². The summed E-state index contributed by atoms with van der Waals surface area (Å²) in [5.74, 6) is -0.567. The maximum absolute atomic E-state index is 15.0. The highest BCUT2D eigenvalue weighted by atomic mass is 32.2. The number of likely N-dealkylation sites (N-methyl/N-ethyl adjacent to an activating group) is 1. The summed E-state index contributed by atoms with van der Waals surface area (Å²) in [5.41, 5.74) is 5.85. The maximum Gasteiger partial charge on any atom is 0.266 e. The molecule has 1 aliphatic carbocycles. The quantitative estimate of drug-likeness (QED) is 0.552. The van der Waals surface area contributed by atoms with Crippen molar-refractivity contribution in [2.75, 3.05) is 29.8 Å². The molecule has 174 valence electrons. The van der Waals surface area contributed by atoms with Gasteiger partial charge in [0.05, 0.1) is 5.51 Å². The fraction of sp³-hybridized carbons (Fsp3) is 0.375. The lowest BCUT2D eigenvalue weighted by Gasteiger charge is -2.30. The number of halogens is 1. The second kappa shape index (κ2) is 8.70. The molecule has 2 aromatic carbocycles. The number of anilines is 2. The molecule has 1 N–H and O–H groups in total. The molecule has 0 amide bonds. The molecule has 1 aliphatic heterocycles. The van der Waals surface area contributed by atoms with Crippen LogP contribution in [-0.2, 0) is 16.4 Å². The lowest BCUT2D eigenvalue weighted by molar-refractivity contribution is 0.242. The highest BCUT2D eigenvalue weighted by Crippen LogP contribution is 2.38. The first-order valence-corrected chi connectivity index (χ1v) is 13.5. The molecule has 33 heavy (non-hydrogen) atoms. The minimum Gasteiger partial charge on any atom is -0.370 e. The van der Waals surface area contributed by atoms with Gasteiger partial charge in [0.2, 0.25) is 0 Å². The average molecular weight is 487 g/mol. The van der Waals surface area contributed by atoms with Crippen LogP contribution >= 0.6 is 11.3 Å². The molecule has 0 saturated carbocycles. The lowest BCUT2D eigenvalue weighted by atomic mass is 10.1. The van der Waals surface area contributed by atoms with Crippen LogP contribution in [0.15, 0.2) is 52.2 Å². The third-order valence-electron chi connectivity index (χ3n) is 6.88. The first-order chi connectivity index (χ1) is 15.8. The van der Waals surface area contributed by atoms with Gasteiger partial charge < -0.3 is 4.90 Å². The molecule has 2 aliphatic rings. The van der Waals surface area contributed by atoms with Crippen LogP contribution in [0.3, 0.4) is 0 Å². The Hall–Kier alpha value is -2.49. The number of rotatable bonds is 6. The smallest absolute Gasteiger partial charge is 0.266 e. The van der Waals surface area contributed by atoms with E-state index in [2.05, 4.69) is 43.8 Å². The zero-order valence-corrected chi connectivity index (χ0v) is 20.3. The van der Waals surface area contributed by atoms with Crippen molar-refractivity contribution in [3.8, 4) is 0 Å². The summed E-state index contributed by atoms with van der Waals surface area (Å²) in [5, 5.41) is 1.57. The molecule has 1 fully saturated rings. The van der Waals surface area contributed by atoms with Crippen molar-refractivity contribution in [1.82, 2.24) is 9.88 Å². The number of thiazole rings is 1. The van der Waals surface area contributed by atoms with Crippen molar-refractivity contribution >= 4 is 32.9 Å². The molecule has 0 spiro atoms. The Morgan fingerprint density at radius 2 is 2.06 bits per heavy atom. The van der Waals surface area contributed by atoms with Gasteiger partial charge in [-0.25, -0.2) is 17.8 Å². The number of sulfonamides is 1. The van der Waals surface area contributed by atoms with Crippen LogP contribution in [0.25, 0.3) is 0 Å². The second-order valence-corrected chi connectivity index (χ2v) is 11.2. The second-order valence-electron chi connectivity index (χ2n) is 8.85. The first-order valence-electron chi connectivity index (χ1n) is 11.1. The van der Waals surface area contributed by atoms with E-state index in [1.807, 2.05) is 14.0 Å². The van der Waals surface area contributed by atoms with E-state index < -0.39 is 15.8 Å². The predicted octanol–water partition coefficient (Wildman–Crippen LogP) is 4.59. The minimum absolute atomic E-state index is 0.192. The molecule has 0 unspecified atom stereocenters. The van der Waals surface area contributed by atoms with Gasteiger partial charge in [-0.1, -0.05) is 24.3 Å². The summed E-state index contributed by atoms with van der Waals surface area (Å²) in [4.78, 5) is 8.20. The number of likely N-dealkylation sites (tertiary alicyclic amines) is 1. The molecule has 0 radical (unpaired) electrons. The number of fused-ring (bicyclic) bond motifs is 1. The van der Waals surface area contributed by atoms with Crippen molar-refractivity contribution in [3.63, 3.8) is 0 Å². The van der Waals surface area contributed by atoms with E-state index in [0.717, 1.165) is 43.6 Å². The molecule has 2 heterocycles. The molecule has 9 heteroatoms. The Balaban J connectivity index is 1.33. The lowest BCUT2D eigenvalue weighted by Crippen LogP contribution is -2.36. The van der Waals surface area contributed by atoms with Gasteiger partial charge in [0, 0.05) is 43.3 Å². The Kier molecular flexibility index (Phi) is 5.88. The van der Waals surface area contributed by atoms with Crippen LogP contribution in [-0.4, -0.2) is 44.5 Å². The maximum atomic E-state index is 15.0. The SMILES string of the molecule is Cc1cc(S(=O)(=O)Nc2cscn2)c(F)cc1N(C)[C@H]1CCN([C@@H]2CCc3ccccc32)C1. The van der Waals surface area contributed by atoms with E-state index in [4.69, 9.17) is 0 Å². The number of nitrogens with one attached hydrogen (secondary N) is 1. The van der Waals surface area contributed by atoms with Gasteiger partial charge in [-0.05, 0) is 55.0 Å². The molecule has 0 bridgehead atoms. The molecule has 1 aromatic heterocycles. The standard InChI is InChI=1S/C24H27FN4O2S2/c1-16-11-23(33(30,31)27-24-14-32-15-26-24)20(25)12-22(16)28(2)18-9-10-29(13-18)21-8-7-17-5-3-4-6-19(17)21/h3-6,11-12,14-15,18,21,27H,7-10,13H2,1-2H3/t18-,21+/m0/s1. The number of aryl methyl sites for hydroxylation is 2. The average Bonchev–Trinajstić information content (AvgIpc) is 3.54. The Morgan fingerprint density at radius 1 is 1.24 bits per heavy atom. The van der Waals surface area contributed by atoms with Crippen LogP contribution < -0.4 is 9.62 Å². The Morgan fingerprint density at radius 3 is 2.85 bits per heavy atom. The van der Waals surface area contributed by atoms with Crippen LogP contribution in [0.2, 0.25) is 0 Å². The Bertz CT molecular complexity index is 1260.